The van der Waals surface area contributed by atoms with E-state index in [1.807, 2.05) is 26.0 Å². The highest BCUT2D eigenvalue weighted by Gasteiger charge is 2.00. The van der Waals surface area contributed by atoms with Crippen LogP contribution in [0.2, 0.25) is 5.15 Å². The van der Waals surface area contributed by atoms with Gasteiger partial charge in [0.25, 0.3) is 0 Å². The van der Waals surface area contributed by atoms with E-state index in [0.29, 0.717) is 11.7 Å². The number of aromatic nitrogens is 1. The molecule has 1 aromatic heterocycles. The Balaban J connectivity index is 2.64. The van der Waals surface area contributed by atoms with E-state index in [2.05, 4.69) is 16.2 Å². The van der Waals surface area contributed by atoms with Crippen molar-refractivity contribution >= 4 is 11.6 Å². The van der Waals surface area contributed by atoms with E-state index in [1.165, 1.54) is 0 Å². The van der Waals surface area contributed by atoms with Gasteiger partial charge in [-0.15, -0.1) is 6.42 Å². The van der Waals surface area contributed by atoms with Crippen molar-refractivity contribution in [1.29, 1.82) is 0 Å². The molecule has 0 aromatic carbocycles. The number of hydrogen-bond acceptors (Lipinski definition) is 2. The molecule has 0 aliphatic heterocycles. The van der Waals surface area contributed by atoms with E-state index in [1.54, 1.807) is 0 Å². The number of rotatable bonds is 3. The Morgan fingerprint density at radius 2 is 2.36 bits per heavy atom. The molecule has 0 amide bonds. The number of nitrogens with one attached hydrogen (secondary N) is 1. The molecule has 0 saturated heterocycles. The smallest absolute Gasteiger partial charge is 0.129 e. The van der Waals surface area contributed by atoms with Gasteiger partial charge in [0.1, 0.15) is 5.15 Å². The van der Waals surface area contributed by atoms with Crippen molar-refractivity contribution in [2.75, 3.05) is 0 Å². The summed E-state index contributed by atoms with van der Waals surface area (Å²) in [5.74, 6) is 2.60. The molecule has 0 fully saturated rings. The van der Waals surface area contributed by atoms with Crippen LogP contribution in [0.4, 0.5) is 0 Å². The second-order valence-corrected chi connectivity index (χ2v) is 3.60. The second-order valence-electron chi connectivity index (χ2n) is 3.21. The summed E-state index contributed by atoms with van der Waals surface area (Å²) in [6.45, 7) is 4.57. The number of nitrogens with zero attached hydrogens (tertiary/aromatic N) is 1. The van der Waals surface area contributed by atoms with E-state index >= 15 is 0 Å². The minimum Gasteiger partial charge on any atom is -0.300 e. The molecule has 74 valence electrons. The Kier molecular flexibility index (Phi) is 3.94. The maximum atomic E-state index is 5.82. The van der Waals surface area contributed by atoms with Crippen LogP contribution in [0.5, 0.6) is 0 Å². The van der Waals surface area contributed by atoms with E-state index < -0.39 is 0 Å². The lowest BCUT2D eigenvalue weighted by molar-refractivity contribution is 0.647. The predicted molar refractivity (Wildman–Crippen MR) is 59.1 cm³/mol. The summed E-state index contributed by atoms with van der Waals surface area (Å²) in [6, 6.07) is 3.90. The molecule has 0 radical (unpaired) electrons. The molecule has 1 rings (SSSR count). The summed E-state index contributed by atoms with van der Waals surface area (Å²) in [6.07, 6.45) is 5.25. The van der Waals surface area contributed by atoms with Crippen molar-refractivity contribution in [1.82, 2.24) is 10.3 Å². The first-order chi connectivity index (χ1) is 6.61. The Morgan fingerprint density at radius 3 is 2.93 bits per heavy atom. The first-order valence-electron chi connectivity index (χ1n) is 4.44. The molecule has 1 atom stereocenters. The summed E-state index contributed by atoms with van der Waals surface area (Å²) in [5.41, 5.74) is 2.02. The monoisotopic (exact) mass is 208 g/mol. The first-order valence-corrected chi connectivity index (χ1v) is 4.82. The van der Waals surface area contributed by atoms with Crippen molar-refractivity contribution in [3.05, 3.63) is 28.5 Å². The van der Waals surface area contributed by atoms with Gasteiger partial charge in [0.15, 0.2) is 0 Å². The standard InChI is InChI=1S/C11H13ClN2/c1-4-8(2)13-7-10-5-9(3)14-11(12)6-10/h1,5-6,8,13H,7H2,2-3H3. The molecule has 1 heterocycles. The average molecular weight is 209 g/mol. The van der Waals surface area contributed by atoms with Gasteiger partial charge in [0.05, 0.1) is 6.04 Å². The third-order valence-corrected chi connectivity index (χ3v) is 2.04. The van der Waals surface area contributed by atoms with Crippen LogP contribution in [-0.2, 0) is 6.54 Å². The molecular weight excluding hydrogens is 196 g/mol. The zero-order valence-corrected chi connectivity index (χ0v) is 9.10. The SMILES string of the molecule is C#CC(C)NCc1cc(C)nc(Cl)c1. The topological polar surface area (TPSA) is 24.9 Å². The molecule has 0 aliphatic carbocycles. The predicted octanol–water partition coefficient (Wildman–Crippen LogP) is 2.15. The number of aryl methyl sites for hydroxylation is 1. The van der Waals surface area contributed by atoms with Crippen LogP contribution in [0.25, 0.3) is 0 Å². The minimum absolute atomic E-state index is 0.0715. The molecule has 0 bridgehead atoms. The number of pyridine rings is 1. The Hall–Kier alpha value is -1.04. The van der Waals surface area contributed by atoms with Gasteiger partial charge < -0.3 is 0 Å². The second kappa shape index (κ2) is 4.99. The molecule has 1 unspecified atom stereocenters. The summed E-state index contributed by atoms with van der Waals surface area (Å²) in [7, 11) is 0. The highest BCUT2D eigenvalue weighted by Crippen LogP contribution is 2.10. The fourth-order valence-electron chi connectivity index (χ4n) is 1.13. The molecule has 1 aromatic rings. The van der Waals surface area contributed by atoms with E-state index in [9.17, 15) is 0 Å². The molecule has 0 spiro atoms. The summed E-state index contributed by atoms with van der Waals surface area (Å²) < 4.78 is 0. The lowest BCUT2D eigenvalue weighted by atomic mass is 10.2. The van der Waals surface area contributed by atoms with Crippen molar-refractivity contribution in [2.45, 2.75) is 26.4 Å². The van der Waals surface area contributed by atoms with Gasteiger partial charge in [-0.1, -0.05) is 17.5 Å². The quantitative estimate of drug-likeness (QED) is 0.608. The maximum absolute atomic E-state index is 5.82. The van der Waals surface area contributed by atoms with Crippen LogP contribution < -0.4 is 5.32 Å². The summed E-state index contributed by atoms with van der Waals surface area (Å²) >= 11 is 5.82. The fourth-order valence-corrected chi connectivity index (χ4v) is 1.40. The summed E-state index contributed by atoms with van der Waals surface area (Å²) in [4.78, 5) is 4.08. The average Bonchev–Trinajstić information content (AvgIpc) is 2.12. The van der Waals surface area contributed by atoms with Gasteiger partial charge in [-0.25, -0.2) is 4.98 Å². The Morgan fingerprint density at radius 1 is 1.64 bits per heavy atom. The fraction of sp³-hybridized carbons (Fsp3) is 0.364. The first kappa shape index (κ1) is 11.0. The van der Waals surface area contributed by atoms with Crippen LogP contribution in [0, 0.1) is 19.3 Å². The van der Waals surface area contributed by atoms with Gasteiger partial charge in [-0.05, 0) is 31.5 Å². The lowest BCUT2D eigenvalue weighted by Gasteiger charge is -2.08. The van der Waals surface area contributed by atoms with Gasteiger partial charge >= 0.3 is 0 Å². The summed E-state index contributed by atoms with van der Waals surface area (Å²) in [5, 5.41) is 3.70. The van der Waals surface area contributed by atoms with Crippen molar-refractivity contribution < 1.29 is 0 Å². The van der Waals surface area contributed by atoms with E-state index in [-0.39, 0.29) is 6.04 Å². The zero-order chi connectivity index (χ0) is 10.6. The third kappa shape index (κ3) is 3.37. The van der Waals surface area contributed by atoms with Gasteiger partial charge in [-0.3, -0.25) is 5.32 Å². The van der Waals surface area contributed by atoms with Crippen molar-refractivity contribution in [3.63, 3.8) is 0 Å². The number of halogens is 1. The molecule has 2 nitrogen and oxygen atoms in total. The number of hydrogen-bond donors (Lipinski definition) is 1. The largest absolute Gasteiger partial charge is 0.300 e. The molecule has 3 heteroatoms. The normalized spacial score (nSPS) is 12.1. The van der Waals surface area contributed by atoms with Crippen molar-refractivity contribution in [2.24, 2.45) is 0 Å². The van der Waals surface area contributed by atoms with Gasteiger partial charge in [0, 0.05) is 12.2 Å². The molecule has 14 heavy (non-hydrogen) atoms. The molecule has 1 N–H and O–H groups in total. The van der Waals surface area contributed by atoms with Crippen LogP contribution in [0.15, 0.2) is 12.1 Å². The van der Waals surface area contributed by atoms with E-state index in [4.69, 9.17) is 18.0 Å². The third-order valence-electron chi connectivity index (χ3n) is 1.84. The Labute approximate surface area is 89.7 Å². The maximum Gasteiger partial charge on any atom is 0.129 e. The van der Waals surface area contributed by atoms with Crippen molar-refractivity contribution in [3.8, 4) is 12.3 Å². The molecular formula is C11H13ClN2. The number of terminal acetylenes is 1. The van der Waals surface area contributed by atoms with Crippen LogP contribution in [-0.4, -0.2) is 11.0 Å². The lowest BCUT2D eigenvalue weighted by Crippen LogP contribution is -2.23. The van der Waals surface area contributed by atoms with Crippen LogP contribution >= 0.6 is 11.6 Å². The van der Waals surface area contributed by atoms with Crippen LogP contribution in [0.3, 0.4) is 0 Å². The van der Waals surface area contributed by atoms with E-state index in [0.717, 1.165) is 11.3 Å². The minimum atomic E-state index is 0.0715. The molecule has 0 aliphatic rings. The van der Waals surface area contributed by atoms with Gasteiger partial charge in [0.2, 0.25) is 0 Å². The molecule has 0 saturated carbocycles. The van der Waals surface area contributed by atoms with Gasteiger partial charge in [-0.2, -0.15) is 0 Å². The Bertz CT molecular complexity index is 335. The zero-order valence-electron chi connectivity index (χ0n) is 8.34. The highest BCUT2D eigenvalue weighted by atomic mass is 35.5. The van der Waals surface area contributed by atoms with Crippen LogP contribution in [0.1, 0.15) is 18.2 Å². The highest BCUT2D eigenvalue weighted by molar-refractivity contribution is 6.29.